The van der Waals surface area contributed by atoms with Gasteiger partial charge in [-0.25, -0.2) is 26.9 Å². The van der Waals surface area contributed by atoms with Gasteiger partial charge in [-0.15, -0.1) is 11.3 Å². The zero-order valence-electron chi connectivity index (χ0n) is 20.7. The van der Waals surface area contributed by atoms with Crippen LogP contribution in [-0.2, 0) is 16.6 Å². The van der Waals surface area contributed by atoms with E-state index in [4.69, 9.17) is 11.6 Å². The van der Waals surface area contributed by atoms with E-state index in [-0.39, 0.29) is 31.0 Å². The first kappa shape index (κ1) is 27.3. The number of benzene rings is 3. The molecular formula is C27H20ClFN4O5S2. The van der Waals surface area contributed by atoms with E-state index < -0.39 is 27.2 Å². The van der Waals surface area contributed by atoms with E-state index in [1.807, 2.05) is 4.72 Å². The number of halogens is 2. The summed E-state index contributed by atoms with van der Waals surface area (Å²) >= 11 is 6.62. The summed E-state index contributed by atoms with van der Waals surface area (Å²) < 4.78 is 41.2. The molecule has 0 aliphatic carbocycles. The van der Waals surface area contributed by atoms with Crippen molar-refractivity contribution in [3.05, 3.63) is 120 Å². The Labute approximate surface area is 235 Å². The third kappa shape index (κ3) is 5.55. The van der Waals surface area contributed by atoms with Gasteiger partial charge in [0.1, 0.15) is 10.0 Å². The van der Waals surface area contributed by atoms with Crippen molar-refractivity contribution in [3.63, 3.8) is 0 Å². The number of nitrogens with one attached hydrogen (secondary N) is 3. The number of thiophene rings is 1. The number of carbonyl (C=O) groups is 1. The molecule has 0 saturated carbocycles. The minimum atomic E-state index is -4.12. The van der Waals surface area contributed by atoms with Gasteiger partial charge in [0.2, 0.25) is 0 Å². The van der Waals surface area contributed by atoms with Gasteiger partial charge in [-0.2, -0.15) is 0 Å². The van der Waals surface area contributed by atoms with Crippen molar-refractivity contribution in [3.8, 4) is 5.69 Å². The van der Waals surface area contributed by atoms with Crippen LogP contribution >= 0.6 is 22.9 Å². The lowest BCUT2D eigenvalue weighted by Crippen LogP contribution is -2.34. The summed E-state index contributed by atoms with van der Waals surface area (Å²) in [5, 5.41) is 3.43. The van der Waals surface area contributed by atoms with Gasteiger partial charge in [-0.3, -0.25) is 9.59 Å². The highest BCUT2D eigenvalue weighted by Crippen LogP contribution is 2.26. The molecule has 2 aromatic heterocycles. The predicted molar refractivity (Wildman–Crippen MR) is 153 cm³/mol. The second-order valence-corrected chi connectivity index (χ2v) is 12.4. The topological polar surface area (TPSA) is 130 Å². The molecule has 0 spiro atoms. The molecule has 0 radical (unpaired) electrons. The maximum absolute atomic E-state index is 13.3. The molecule has 40 heavy (non-hydrogen) atoms. The summed E-state index contributed by atoms with van der Waals surface area (Å²) in [5.74, 6) is -1.20. The number of H-pyrrole nitrogens is 1. The van der Waals surface area contributed by atoms with Crippen molar-refractivity contribution in [1.29, 1.82) is 0 Å². The number of aryl methyl sites for hydroxylation is 1. The number of amides is 1. The second kappa shape index (κ2) is 10.7. The van der Waals surface area contributed by atoms with Crippen molar-refractivity contribution in [2.45, 2.75) is 17.7 Å². The third-order valence-corrected chi connectivity index (χ3v) is 9.11. The molecule has 204 valence electrons. The van der Waals surface area contributed by atoms with E-state index in [0.29, 0.717) is 23.3 Å². The number of fused-ring (bicyclic) bond motifs is 1. The largest absolute Gasteiger partial charge is 0.381 e. The molecule has 9 nitrogen and oxygen atoms in total. The average molecular weight is 599 g/mol. The van der Waals surface area contributed by atoms with Crippen LogP contribution in [0.5, 0.6) is 0 Å². The number of carbonyl (C=O) groups excluding carboxylic acids is 1. The van der Waals surface area contributed by atoms with Crippen molar-refractivity contribution < 1.29 is 17.6 Å². The number of anilines is 1. The molecule has 0 unspecified atom stereocenters. The monoisotopic (exact) mass is 598 g/mol. The highest BCUT2D eigenvalue weighted by molar-refractivity contribution is 7.92. The quantitative estimate of drug-likeness (QED) is 0.252. The smallest absolute Gasteiger partial charge is 0.333 e. The Morgan fingerprint density at radius 2 is 1.77 bits per heavy atom. The summed E-state index contributed by atoms with van der Waals surface area (Å²) in [7, 11) is -4.12. The first-order valence-electron chi connectivity index (χ1n) is 11.7. The van der Waals surface area contributed by atoms with Gasteiger partial charge >= 0.3 is 5.69 Å². The molecule has 3 N–H and O–H groups in total. The lowest BCUT2D eigenvalue weighted by atomic mass is 10.1. The fraction of sp³-hybridized carbons (Fsp3) is 0.0741. The van der Waals surface area contributed by atoms with Crippen molar-refractivity contribution >= 4 is 55.5 Å². The molecule has 0 fully saturated rings. The molecule has 0 saturated heterocycles. The van der Waals surface area contributed by atoms with E-state index in [9.17, 15) is 27.2 Å². The molecular weight excluding hydrogens is 579 g/mol. The molecule has 3 aromatic carbocycles. The highest BCUT2D eigenvalue weighted by atomic mass is 35.5. The Hall–Kier alpha value is -4.26. The maximum atomic E-state index is 13.3. The molecule has 0 bridgehead atoms. The van der Waals surface area contributed by atoms with E-state index >= 15 is 0 Å². The molecule has 2 heterocycles. The number of hydrogen-bond donors (Lipinski definition) is 3. The van der Waals surface area contributed by atoms with Gasteiger partial charge in [-0.05, 0) is 78.7 Å². The number of aromatic nitrogens is 2. The average Bonchev–Trinajstić information content (AvgIpc) is 3.35. The molecule has 5 aromatic rings. The first-order chi connectivity index (χ1) is 19.0. The molecule has 1 amide bonds. The normalized spacial score (nSPS) is 11.5. The predicted octanol–water partition coefficient (Wildman–Crippen LogP) is 4.57. The van der Waals surface area contributed by atoms with Crippen LogP contribution in [0.25, 0.3) is 16.6 Å². The Kier molecular flexibility index (Phi) is 7.32. The van der Waals surface area contributed by atoms with Crippen LogP contribution in [0, 0.1) is 12.7 Å². The zero-order valence-corrected chi connectivity index (χ0v) is 23.1. The zero-order chi connectivity index (χ0) is 28.6. The molecule has 13 heteroatoms. The number of nitrogens with zero attached hydrogens (tertiary/aromatic N) is 1. The number of sulfonamides is 1. The summed E-state index contributed by atoms with van der Waals surface area (Å²) in [6.07, 6.45) is 0. The van der Waals surface area contributed by atoms with E-state index in [1.54, 1.807) is 37.3 Å². The summed E-state index contributed by atoms with van der Waals surface area (Å²) in [4.78, 5) is 41.6. The molecule has 0 atom stereocenters. The Morgan fingerprint density at radius 1 is 1.02 bits per heavy atom. The number of rotatable bonds is 7. The van der Waals surface area contributed by atoms with E-state index in [1.165, 1.54) is 42.5 Å². The SMILES string of the molecule is Cc1cc(-n2c(=O)[nH]c3cc(NCc4ccc(F)cc4)ccc3c2=O)ccc1C(=O)NS(=O)(=O)c1ccc(Cl)s1. The molecule has 0 aliphatic rings. The lowest BCUT2D eigenvalue weighted by molar-refractivity contribution is 0.0981. The van der Waals surface area contributed by atoms with Gasteiger partial charge in [0, 0.05) is 17.8 Å². The molecule has 0 aliphatic heterocycles. The van der Waals surface area contributed by atoms with Gasteiger partial charge in [0.05, 0.1) is 20.9 Å². The second-order valence-electron chi connectivity index (χ2n) is 8.80. The number of hydrogen-bond acceptors (Lipinski definition) is 7. The fourth-order valence-electron chi connectivity index (χ4n) is 4.08. The van der Waals surface area contributed by atoms with E-state index in [0.717, 1.165) is 21.5 Å². The highest BCUT2D eigenvalue weighted by Gasteiger charge is 2.22. The minimum Gasteiger partial charge on any atom is -0.381 e. The summed E-state index contributed by atoms with van der Waals surface area (Å²) in [5.41, 5.74) is 1.16. The summed E-state index contributed by atoms with van der Waals surface area (Å²) in [6, 6.07) is 17.8. The lowest BCUT2D eigenvalue weighted by Gasteiger charge is -2.12. The Bertz CT molecular complexity index is 2000. The van der Waals surface area contributed by atoms with Crippen molar-refractivity contribution in [1.82, 2.24) is 14.3 Å². The van der Waals surface area contributed by atoms with Crippen molar-refractivity contribution in [2.75, 3.05) is 5.32 Å². The van der Waals surface area contributed by atoms with Crippen LogP contribution in [0.2, 0.25) is 4.34 Å². The standard InChI is InChI=1S/C27H20ClFN4O5S2/c1-15-12-19(7-9-20(15)25(34)32-40(37,38)24-11-10-23(28)39-24)33-26(35)21-8-6-18(13-22(21)31-27(33)36)30-14-16-2-4-17(29)5-3-16/h2-13,30H,14H2,1H3,(H,31,36)(H,32,34). The van der Waals surface area contributed by atoms with Crippen LogP contribution in [-0.4, -0.2) is 23.9 Å². The van der Waals surface area contributed by atoms with Crippen LogP contribution in [0.3, 0.4) is 0 Å². The fourth-order valence-corrected chi connectivity index (χ4v) is 6.53. The van der Waals surface area contributed by atoms with Gasteiger partial charge < -0.3 is 10.3 Å². The van der Waals surface area contributed by atoms with Gasteiger partial charge in [0.15, 0.2) is 0 Å². The van der Waals surface area contributed by atoms with Crippen LogP contribution < -0.4 is 21.3 Å². The van der Waals surface area contributed by atoms with Gasteiger partial charge in [-0.1, -0.05) is 23.7 Å². The number of aromatic amines is 1. The van der Waals surface area contributed by atoms with Crippen LogP contribution in [0.4, 0.5) is 10.1 Å². The Morgan fingerprint density at radius 3 is 2.45 bits per heavy atom. The summed E-state index contributed by atoms with van der Waals surface area (Å²) in [6.45, 7) is 1.97. The first-order valence-corrected chi connectivity index (χ1v) is 14.4. The van der Waals surface area contributed by atoms with Crippen molar-refractivity contribution in [2.24, 2.45) is 0 Å². The molecule has 5 rings (SSSR count). The van der Waals surface area contributed by atoms with Gasteiger partial charge in [0.25, 0.3) is 21.5 Å². The minimum absolute atomic E-state index is 0.0529. The Balaban J connectivity index is 1.40. The maximum Gasteiger partial charge on any atom is 0.333 e. The van der Waals surface area contributed by atoms with E-state index in [2.05, 4.69) is 10.3 Å². The van der Waals surface area contributed by atoms with Crippen LogP contribution in [0.15, 0.2) is 86.6 Å². The third-order valence-electron chi connectivity index (χ3n) is 6.06. The van der Waals surface area contributed by atoms with Crippen LogP contribution in [0.1, 0.15) is 21.5 Å².